The van der Waals surface area contributed by atoms with E-state index >= 15 is 0 Å². The van der Waals surface area contributed by atoms with Crippen LogP contribution in [0, 0.1) is 0 Å². The van der Waals surface area contributed by atoms with Crippen LogP contribution in [0.25, 0.3) is 11.0 Å². The van der Waals surface area contributed by atoms with Crippen LogP contribution >= 0.6 is 11.3 Å². The number of thiophene rings is 1. The molecule has 20 heteroatoms. The molecule has 1 aliphatic rings. The van der Waals surface area contributed by atoms with Gasteiger partial charge in [0.15, 0.2) is 0 Å². The van der Waals surface area contributed by atoms with Gasteiger partial charge >= 0.3 is 35.8 Å². The Bertz CT molecular complexity index is 1620. The van der Waals surface area contributed by atoms with Gasteiger partial charge in [-0.15, -0.1) is 11.3 Å². The second kappa shape index (κ2) is 18.7. The molecule has 9 N–H and O–H groups in total. The fourth-order valence-electron chi connectivity index (χ4n) is 4.25. The van der Waals surface area contributed by atoms with E-state index in [1.165, 1.54) is 10.4 Å². The normalized spacial score (nSPS) is 13.4. The van der Waals surface area contributed by atoms with Crippen molar-refractivity contribution in [2.45, 2.75) is 18.9 Å². The molecule has 4 aromatic rings. The van der Waals surface area contributed by atoms with E-state index < -0.39 is 35.8 Å². The Labute approximate surface area is 274 Å². The number of aromatic nitrogens is 4. The number of nitrogens with two attached hydrogens (primary N) is 1. The summed E-state index contributed by atoms with van der Waals surface area (Å²) in [6.07, 6.45) is 4.65. The number of benzene rings is 1. The topological polar surface area (TPSA) is 309 Å². The summed E-state index contributed by atoms with van der Waals surface area (Å²) in [5, 5.41) is 49.7. The Balaban J connectivity index is 0.000000367. The zero-order valence-corrected chi connectivity index (χ0v) is 25.7. The highest BCUT2D eigenvalue weighted by molar-refractivity contribution is 7.09. The van der Waals surface area contributed by atoms with E-state index in [0.717, 1.165) is 50.2 Å². The molecule has 1 unspecified atom stereocenters. The molecule has 0 aliphatic carbocycles. The van der Waals surface area contributed by atoms with E-state index in [4.69, 9.17) is 70.1 Å². The Kier molecular flexibility index (Phi) is 14.8. The van der Waals surface area contributed by atoms with Gasteiger partial charge in [0.05, 0.1) is 17.6 Å². The molecule has 1 saturated heterocycles. The lowest BCUT2D eigenvalue weighted by Crippen LogP contribution is -2.27. The smallest absolute Gasteiger partial charge is 0.414 e. The molecule has 48 heavy (non-hydrogen) atoms. The van der Waals surface area contributed by atoms with Crippen molar-refractivity contribution in [2.24, 2.45) is 0 Å². The summed E-state index contributed by atoms with van der Waals surface area (Å²) < 4.78 is 2.13. The first-order valence-electron chi connectivity index (χ1n) is 13.6. The first kappa shape index (κ1) is 38.0. The Morgan fingerprint density at radius 3 is 1.94 bits per heavy atom. The number of nitrogen functional groups attached to an aromatic ring is 1. The SMILES string of the molecule is Nc1nc2c(C3CCN(CCNc4ncccn4)C3)cccc2n1Cc1cccs1.O=C(O)C(=O)O.O=C(O)C(=O)O.O=C(O)C(=O)O. The van der Waals surface area contributed by atoms with Crippen LogP contribution in [-0.4, -0.2) is 117 Å². The van der Waals surface area contributed by atoms with Crippen LogP contribution in [0.15, 0.2) is 54.2 Å². The lowest BCUT2D eigenvalue weighted by Gasteiger charge is -2.16. The number of rotatable bonds is 7. The fraction of sp³-hybridized carbons (Fsp3) is 0.250. The van der Waals surface area contributed by atoms with Crippen molar-refractivity contribution >= 4 is 70.1 Å². The molecule has 1 atom stereocenters. The molecule has 256 valence electrons. The molecule has 1 fully saturated rings. The first-order chi connectivity index (χ1) is 22.7. The predicted molar refractivity (Wildman–Crippen MR) is 168 cm³/mol. The highest BCUT2D eigenvalue weighted by Gasteiger charge is 2.26. The van der Waals surface area contributed by atoms with E-state index in [0.29, 0.717) is 17.8 Å². The minimum atomic E-state index is -1.82. The number of nitrogens with zero attached hydrogens (tertiary/aromatic N) is 5. The van der Waals surface area contributed by atoms with Crippen LogP contribution in [0.1, 0.15) is 22.8 Å². The van der Waals surface area contributed by atoms with Crippen molar-refractivity contribution in [2.75, 3.05) is 37.2 Å². The van der Waals surface area contributed by atoms with E-state index in [1.54, 1.807) is 23.7 Å². The maximum atomic E-state index is 9.10. The van der Waals surface area contributed by atoms with Gasteiger partial charge < -0.3 is 51.2 Å². The molecule has 0 saturated carbocycles. The number of carbonyl (C=O) groups is 6. The van der Waals surface area contributed by atoms with Gasteiger partial charge in [-0.2, -0.15) is 0 Å². The third-order valence-electron chi connectivity index (χ3n) is 6.27. The summed E-state index contributed by atoms with van der Waals surface area (Å²) in [7, 11) is 0. The average Bonchev–Trinajstić information content (AvgIpc) is 3.80. The second-order valence-corrected chi connectivity index (χ2v) is 10.5. The average molecular weight is 690 g/mol. The van der Waals surface area contributed by atoms with Gasteiger partial charge in [-0.1, -0.05) is 18.2 Å². The van der Waals surface area contributed by atoms with Crippen molar-refractivity contribution in [3.8, 4) is 0 Å². The maximum absolute atomic E-state index is 9.10. The molecule has 0 bridgehead atoms. The fourth-order valence-corrected chi connectivity index (χ4v) is 4.94. The quantitative estimate of drug-likeness (QED) is 0.125. The molecule has 0 amide bonds. The highest BCUT2D eigenvalue weighted by Crippen LogP contribution is 2.33. The van der Waals surface area contributed by atoms with E-state index in [2.05, 4.69) is 60.5 Å². The number of para-hydroxylation sites is 1. The number of hydrogen-bond donors (Lipinski definition) is 8. The summed E-state index contributed by atoms with van der Waals surface area (Å²) in [6.45, 7) is 4.70. The van der Waals surface area contributed by atoms with Crippen molar-refractivity contribution in [3.63, 3.8) is 0 Å². The Morgan fingerprint density at radius 2 is 1.42 bits per heavy atom. The molecule has 19 nitrogen and oxygen atoms in total. The number of aliphatic carboxylic acids is 6. The van der Waals surface area contributed by atoms with Crippen molar-refractivity contribution in [3.05, 3.63) is 64.6 Å². The monoisotopic (exact) mass is 689 g/mol. The van der Waals surface area contributed by atoms with Crippen molar-refractivity contribution < 1.29 is 59.4 Å². The van der Waals surface area contributed by atoms with Crippen molar-refractivity contribution in [1.82, 2.24) is 24.4 Å². The maximum Gasteiger partial charge on any atom is 0.414 e. The summed E-state index contributed by atoms with van der Waals surface area (Å²) in [5.74, 6) is -9.19. The van der Waals surface area contributed by atoms with Gasteiger partial charge in [-0.05, 0) is 42.1 Å². The third kappa shape index (κ3) is 12.3. The van der Waals surface area contributed by atoms with Crippen LogP contribution in [0.2, 0.25) is 0 Å². The zero-order chi connectivity index (χ0) is 35.8. The van der Waals surface area contributed by atoms with Gasteiger partial charge in [0.1, 0.15) is 0 Å². The summed E-state index contributed by atoms with van der Waals surface area (Å²) >= 11 is 1.75. The molecule has 3 aromatic heterocycles. The number of imidazole rings is 1. The van der Waals surface area contributed by atoms with Crippen LogP contribution in [0.4, 0.5) is 11.9 Å². The van der Waals surface area contributed by atoms with Crippen LogP contribution in [0.5, 0.6) is 0 Å². The van der Waals surface area contributed by atoms with Gasteiger partial charge in [-0.25, -0.2) is 43.7 Å². The molecular formula is C28H31N7O12S. The molecule has 1 aliphatic heterocycles. The Hall–Kier alpha value is -6.15. The number of likely N-dealkylation sites (tertiary alicyclic amines) is 1. The molecule has 5 rings (SSSR count). The molecule has 4 heterocycles. The minimum absolute atomic E-state index is 0.478. The predicted octanol–water partition coefficient (Wildman–Crippen LogP) is 0.887. The van der Waals surface area contributed by atoms with E-state index in [1.807, 2.05) is 6.07 Å². The van der Waals surface area contributed by atoms with E-state index in [9.17, 15) is 0 Å². The summed E-state index contributed by atoms with van der Waals surface area (Å²) in [4.78, 5) is 71.6. The van der Waals surface area contributed by atoms with Gasteiger partial charge in [0.2, 0.25) is 11.9 Å². The van der Waals surface area contributed by atoms with Gasteiger partial charge in [-0.3, -0.25) is 0 Å². The molecule has 0 radical (unpaired) electrons. The largest absolute Gasteiger partial charge is 0.473 e. The summed E-state index contributed by atoms with van der Waals surface area (Å²) in [6, 6.07) is 12.5. The van der Waals surface area contributed by atoms with Crippen LogP contribution < -0.4 is 11.1 Å². The van der Waals surface area contributed by atoms with Gasteiger partial charge in [0.25, 0.3) is 0 Å². The first-order valence-corrected chi connectivity index (χ1v) is 14.5. The summed E-state index contributed by atoms with van der Waals surface area (Å²) in [5.41, 5.74) is 9.80. The lowest BCUT2D eigenvalue weighted by molar-refractivity contribution is -0.159. The van der Waals surface area contributed by atoms with E-state index in [-0.39, 0.29) is 0 Å². The Morgan fingerprint density at radius 1 is 0.833 bits per heavy atom. The lowest BCUT2D eigenvalue weighted by atomic mass is 9.97. The number of carboxylic acid groups (broad SMARTS) is 6. The number of fused-ring (bicyclic) bond motifs is 1. The second-order valence-electron chi connectivity index (χ2n) is 9.47. The van der Waals surface area contributed by atoms with Crippen LogP contribution in [0.3, 0.4) is 0 Å². The number of nitrogens with one attached hydrogen (secondary N) is 1. The number of anilines is 2. The van der Waals surface area contributed by atoms with Crippen LogP contribution in [-0.2, 0) is 35.3 Å². The van der Waals surface area contributed by atoms with Crippen molar-refractivity contribution in [1.29, 1.82) is 0 Å². The minimum Gasteiger partial charge on any atom is -0.473 e. The standard InChI is InChI=1S/C22H25N7S.3C2H2O4/c23-21-27-20-18(5-1-6-19(20)29(21)15-17-4-2-13-30-17)16-7-11-28(14-16)12-10-26-22-24-8-3-9-25-22;3*3-1(4)2(5)6/h1-6,8-9,13,16H,7,10-12,14-15H2,(H2,23,27)(H,24,25,26);3*(H,3,4)(H,5,6). The molecular weight excluding hydrogens is 658 g/mol. The zero-order valence-electron chi connectivity index (χ0n) is 24.9. The highest BCUT2D eigenvalue weighted by atomic mass is 32.1. The van der Waals surface area contributed by atoms with Gasteiger partial charge in [0, 0.05) is 42.8 Å². The molecule has 1 aromatic carbocycles. The third-order valence-corrected chi connectivity index (χ3v) is 7.13. The number of hydrogen-bond acceptors (Lipinski definition) is 13. The molecule has 0 spiro atoms. The number of carboxylic acids is 6.